The molecule has 1 fully saturated rings. The number of carbonyl (C=O) groups excluding carboxylic acids is 1. The summed E-state index contributed by atoms with van der Waals surface area (Å²) in [4.78, 5) is 19.8. The molecule has 0 aliphatic carbocycles. The van der Waals surface area contributed by atoms with Gasteiger partial charge in [0, 0.05) is 29.2 Å². The lowest BCUT2D eigenvalue weighted by atomic mass is 9.91. The third-order valence-electron chi connectivity index (χ3n) is 5.56. The number of likely N-dealkylation sites (tertiary alicyclic amines) is 1. The summed E-state index contributed by atoms with van der Waals surface area (Å²) in [5.74, 6) is 0.0605. The van der Waals surface area contributed by atoms with Crippen LogP contribution >= 0.6 is 11.6 Å². The Hall–Kier alpha value is -1.91. The van der Waals surface area contributed by atoms with Gasteiger partial charge in [0.15, 0.2) is 0 Å². The summed E-state index contributed by atoms with van der Waals surface area (Å²) >= 11 is 6.19. The average Bonchev–Trinajstić information content (AvgIpc) is 2.69. The molecular formula is C24H32ClN3O. The normalized spacial score (nSPS) is 19.0. The Bertz CT molecular complexity index is 803. The number of hydrogen-bond acceptors (Lipinski definition) is 3. The zero-order valence-corrected chi connectivity index (χ0v) is 18.5. The van der Waals surface area contributed by atoms with Crippen molar-refractivity contribution in [1.29, 1.82) is 0 Å². The Morgan fingerprint density at radius 1 is 1.24 bits per heavy atom. The summed E-state index contributed by atoms with van der Waals surface area (Å²) in [5.41, 5.74) is 1.73. The number of benzene rings is 1. The summed E-state index contributed by atoms with van der Waals surface area (Å²) in [5, 5.41) is 4.04. The number of amides is 1. The van der Waals surface area contributed by atoms with Gasteiger partial charge in [-0.2, -0.15) is 0 Å². The van der Waals surface area contributed by atoms with Gasteiger partial charge in [-0.3, -0.25) is 14.7 Å². The smallest absolute Gasteiger partial charge is 0.225 e. The van der Waals surface area contributed by atoms with E-state index in [1.54, 1.807) is 6.20 Å². The Kier molecular flexibility index (Phi) is 7.31. The van der Waals surface area contributed by atoms with Gasteiger partial charge in [0.2, 0.25) is 5.91 Å². The highest BCUT2D eigenvalue weighted by molar-refractivity contribution is 6.30. The number of piperidine rings is 1. The molecule has 1 saturated heterocycles. The van der Waals surface area contributed by atoms with Gasteiger partial charge in [-0.25, -0.2) is 0 Å². The van der Waals surface area contributed by atoms with Crippen LogP contribution in [0.3, 0.4) is 0 Å². The van der Waals surface area contributed by atoms with Crippen LogP contribution in [-0.4, -0.2) is 28.4 Å². The van der Waals surface area contributed by atoms with E-state index in [0.717, 1.165) is 36.6 Å². The second-order valence-electron chi connectivity index (χ2n) is 9.02. The van der Waals surface area contributed by atoms with Crippen LogP contribution in [-0.2, 0) is 11.3 Å². The zero-order valence-electron chi connectivity index (χ0n) is 17.7. The van der Waals surface area contributed by atoms with Crippen LogP contribution < -0.4 is 5.32 Å². The van der Waals surface area contributed by atoms with Crippen molar-refractivity contribution in [1.82, 2.24) is 15.2 Å². The van der Waals surface area contributed by atoms with Gasteiger partial charge in [0.1, 0.15) is 0 Å². The molecule has 0 radical (unpaired) electrons. The summed E-state index contributed by atoms with van der Waals surface area (Å²) in [6.07, 6.45) is 6.23. The molecule has 0 unspecified atom stereocenters. The van der Waals surface area contributed by atoms with Gasteiger partial charge in [0.25, 0.3) is 0 Å². The average molecular weight is 414 g/mol. The van der Waals surface area contributed by atoms with E-state index >= 15 is 0 Å². The molecule has 29 heavy (non-hydrogen) atoms. The summed E-state index contributed by atoms with van der Waals surface area (Å²) in [6.45, 7) is 7.80. The molecule has 1 N–H and O–H groups in total. The molecule has 1 aromatic carbocycles. The van der Waals surface area contributed by atoms with E-state index in [2.05, 4.69) is 21.3 Å². The van der Waals surface area contributed by atoms with Gasteiger partial charge in [0.05, 0.1) is 11.7 Å². The SMILES string of the molecule is CC(C)(C)C(=O)N[C@H](C[C@H]1CCCCN1Cc1cccc(Cl)c1)c1ccccn1. The third kappa shape index (κ3) is 6.28. The molecule has 1 aliphatic heterocycles. The first-order valence-electron chi connectivity index (χ1n) is 10.5. The fourth-order valence-corrected chi connectivity index (χ4v) is 4.10. The van der Waals surface area contributed by atoms with Gasteiger partial charge in [-0.15, -0.1) is 0 Å². The lowest BCUT2D eigenvalue weighted by Gasteiger charge is -2.38. The molecule has 1 aliphatic rings. The van der Waals surface area contributed by atoms with Crippen molar-refractivity contribution in [3.63, 3.8) is 0 Å². The van der Waals surface area contributed by atoms with E-state index in [1.165, 1.54) is 18.4 Å². The lowest BCUT2D eigenvalue weighted by molar-refractivity contribution is -0.129. The molecule has 2 atom stereocenters. The molecule has 2 heterocycles. The van der Waals surface area contributed by atoms with E-state index in [0.29, 0.717) is 6.04 Å². The number of rotatable bonds is 6. The maximum atomic E-state index is 12.7. The summed E-state index contributed by atoms with van der Waals surface area (Å²) in [6, 6.07) is 14.3. The van der Waals surface area contributed by atoms with Crippen LogP contribution in [0.5, 0.6) is 0 Å². The maximum Gasteiger partial charge on any atom is 0.225 e. The number of halogens is 1. The highest BCUT2D eigenvalue weighted by atomic mass is 35.5. The topological polar surface area (TPSA) is 45.2 Å². The van der Waals surface area contributed by atoms with Crippen LogP contribution in [0.4, 0.5) is 0 Å². The molecule has 0 saturated carbocycles. The quantitative estimate of drug-likeness (QED) is 0.691. The predicted molar refractivity (Wildman–Crippen MR) is 119 cm³/mol. The van der Waals surface area contributed by atoms with Gasteiger partial charge < -0.3 is 5.32 Å². The minimum absolute atomic E-state index is 0.0605. The van der Waals surface area contributed by atoms with Crippen molar-refractivity contribution in [2.45, 2.75) is 65.1 Å². The van der Waals surface area contributed by atoms with Gasteiger partial charge in [-0.05, 0) is 55.6 Å². The Morgan fingerprint density at radius 3 is 2.76 bits per heavy atom. The molecule has 1 amide bonds. The lowest BCUT2D eigenvalue weighted by Crippen LogP contribution is -2.44. The molecule has 156 valence electrons. The fraction of sp³-hybridized carbons (Fsp3) is 0.500. The molecule has 1 aromatic heterocycles. The minimum atomic E-state index is -0.430. The Labute approximate surface area is 179 Å². The summed E-state index contributed by atoms with van der Waals surface area (Å²) in [7, 11) is 0. The van der Waals surface area contributed by atoms with Crippen molar-refractivity contribution in [2.75, 3.05) is 6.54 Å². The van der Waals surface area contributed by atoms with Crippen LogP contribution in [0.1, 0.15) is 63.8 Å². The fourth-order valence-electron chi connectivity index (χ4n) is 3.89. The standard InChI is InChI=1S/C24H32ClN3O/c1-24(2,3)23(29)27-22(21-12-4-6-13-26-21)16-20-11-5-7-14-28(20)17-18-9-8-10-19(25)15-18/h4,6,8-10,12-13,15,20,22H,5,7,11,14,16-17H2,1-3H3,(H,27,29)/t20-,22-/m1/s1. The number of carbonyl (C=O) groups is 1. The van der Waals surface area contributed by atoms with E-state index in [9.17, 15) is 4.79 Å². The van der Waals surface area contributed by atoms with Crippen molar-refractivity contribution < 1.29 is 4.79 Å². The number of hydrogen-bond donors (Lipinski definition) is 1. The monoisotopic (exact) mass is 413 g/mol. The molecule has 0 bridgehead atoms. The highest BCUT2D eigenvalue weighted by Crippen LogP contribution is 2.29. The number of nitrogens with one attached hydrogen (secondary N) is 1. The van der Waals surface area contributed by atoms with Crippen molar-refractivity contribution in [2.24, 2.45) is 5.41 Å². The molecule has 3 rings (SSSR count). The first-order chi connectivity index (χ1) is 13.8. The van der Waals surface area contributed by atoms with Gasteiger partial charge >= 0.3 is 0 Å². The van der Waals surface area contributed by atoms with E-state index in [1.807, 2.05) is 57.2 Å². The molecule has 4 nitrogen and oxygen atoms in total. The van der Waals surface area contributed by atoms with Crippen LogP contribution in [0.25, 0.3) is 0 Å². The first kappa shape index (κ1) is 21.8. The molecule has 0 spiro atoms. The highest BCUT2D eigenvalue weighted by Gasteiger charge is 2.30. The summed E-state index contributed by atoms with van der Waals surface area (Å²) < 4.78 is 0. The molecule has 2 aromatic rings. The predicted octanol–water partition coefficient (Wildman–Crippen LogP) is 5.38. The third-order valence-corrected chi connectivity index (χ3v) is 5.80. The maximum absolute atomic E-state index is 12.7. The first-order valence-corrected chi connectivity index (χ1v) is 10.9. The van der Waals surface area contributed by atoms with E-state index in [-0.39, 0.29) is 11.9 Å². The van der Waals surface area contributed by atoms with Crippen molar-refractivity contribution in [3.05, 3.63) is 64.9 Å². The minimum Gasteiger partial charge on any atom is -0.347 e. The zero-order chi connectivity index (χ0) is 20.9. The second kappa shape index (κ2) is 9.73. The second-order valence-corrected chi connectivity index (χ2v) is 9.45. The van der Waals surface area contributed by atoms with E-state index < -0.39 is 5.41 Å². The van der Waals surface area contributed by atoms with Crippen molar-refractivity contribution >= 4 is 17.5 Å². The van der Waals surface area contributed by atoms with E-state index in [4.69, 9.17) is 11.6 Å². The van der Waals surface area contributed by atoms with Gasteiger partial charge in [-0.1, -0.05) is 57.0 Å². The Morgan fingerprint density at radius 2 is 2.07 bits per heavy atom. The largest absolute Gasteiger partial charge is 0.347 e. The number of nitrogens with zero attached hydrogens (tertiary/aromatic N) is 2. The van der Waals surface area contributed by atoms with Crippen LogP contribution in [0, 0.1) is 5.41 Å². The molecular weight excluding hydrogens is 382 g/mol. The van der Waals surface area contributed by atoms with Crippen LogP contribution in [0.2, 0.25) is 5.02 Å². The van der Waals surface area contributed by atoms with Crippen molar-refractivity contribution in [3.8, 4) is 0 Å². The Balaban J connectivity index is 1.77. The van der Waals surface area contributed by atoms with Crippen LogP contribution in [0.15, 0.2) is 48.7 Å². The molecule has 5 heteroatoms. The number of aromatic nitrogens is 1. The number of pyridine rings is 1.